The minimum absolute atomic E-state index is 0.348. The zero-order chi connectivity index (χ0) is 18.9. The largest absolute Gasteiger partial charge is 0.448 e. The zero-order valence-corrected chi connectivity index (χ0v) is 15.7. The molecule has 5 heterocycles. The van der Waals surface area contributed by atoms with Crippen molar-refractivity contribution in [3.8, 4) is 11.3 Å². The quantitative estimate of drug-likeness (QED) is 0.542. The third kappa shape index (κ3) is 3.16. The lowest BCUT2D eigenvalue weighted by molar-refractivity contribution is 0.198. The van der Waals surface area contributed by atoms with Crippen molar-refractivity contribution in [1.29, 1.82) is 0 Å². The van der Waals surface area contributed by atoms with Gasteiger partial charge in [0.25, 0.3) is 0 Å². The molecule has 1 aliphatic rings. The van der Waals surface area contributed by atoms with E-state index in [9.17, 15) is 0 Å². The average molecular weight is 375 g/mol. The van der Waals surface area contributed by atoms with Crippen molar-refractivity contribution >= 4 is 5.65 Å². The van der Waals surface area contributed by atoms with Crippen LogP contribution in [0, 0.1) is 6.92 Å². The SMILES string of the molecule is Cc1ocnc1CN1CCC(c2nnc3ccc(-c4cccnc4)nn23)CC1. The normalized spacial score (nSPS) is 16.0. The molecule has 0 bridgehead atoms. The first-order valence-electron chi connectivity index (χ1n) is 9.52. The summed E-state index contributed by atoms with van der Waals surface area (Å²) < 4.78 is 7.20. The van der Waals surface area contributed by atoms with Gasteiger partial charge in [-0.25, -0.2) is 4.98 Å². The molecule has 1 saturated heterocycles. The number of nitrogens with zero attached hydrogens (tertiary/aromatic N) is 7. The van der Waals surface area contributed by atoms with Crippen LogP contribution in [0.2, 0.25) is 0 Å². The minimum Gasteiger partial charge on any atom is -0.448 e. The topological polar surface area (TPSA) is 85.2 Å². The van der Waals surface area contributed by atoms with Gasteiger partial charge in [0.1, 0.15) is 5.76 Å². The van der Waals surface area contributed by atoms with Gasteiger partial charge in [-0.05, 0) is 57.1 Å². The van der Waals surface area contributed by atoms with Crippen molar-refractivity contribution < 1.29 is 4.42 Å². The van der Waals surface area contributed by atoms with Gasteiger partial charge in [-0.3, -0.25) is 9.88 Å². The summed E-state index contributed by atoms with van der Waals surface area (Å²) in [6.07, 6.45) is 7.15. The zero-order valence-electron chi connectivity index (χ0n) is 15.7. The van der Waals surface area contributed by atoms with Crippen molar-refractivity contribution in [2.45, 2.75) is 32.2 Å². The number of likely N-dealkylation sites (tertiary alicyclic amines) is 1. The molecule has 1 aliphatic heterocycles. The van der Waals surface area contributed by atoms with Crippen LogP contribution >= 0.6 is 0 Å². The molecular weight excluding hydrogens is 354 g/mol. The molecule has 8 nitrogen and oxygen atoms in total. The molecule has 28 heavy (non-hydrogen) atoms. The Morgan fingerprint density at radius 1 is 1.14 bits per heavy atom. The molecule has 0 spiro atoms. The highest BCUT2D eigenvalue weighted by molar-refractivity contribution is 5.58. The molecule has 0 N–H and O–H groups in total. The van der Waals surface area contributed by atoms with Crippen LogP contribution in [0.15, 0.2) is 47.5 Å². The van der Waals surface area contributed by atoms with E-state index in [4.69, 9.17) is 9.52 Å². The maximum absolute atomic E-state index is 5.31. The van der Waals surface area contributed by atoms with Gasteiger partial charge < -0.3 is 4.42 Å². The van der Waals surface area contributed by atoms with E-state index in [0.717, 1.165) is 66.7 Å². The van der Waals surface area contributed by atoms with Crippen LogP contribution in [-0.2, 0) is 6.54 Å². The summed E-state index contributed by atoms with van der Waals surface area (Å²) in [5.41, 5.74) is 3.67. The molecule has 4 aromatic rings. The molecule has 4 aromatic heterocycles. The highest BCUT2D eigenvalue weighted by Gasteiger charge is 2.26. The number of hydrogen-bond acceptors (Lipinski definition) is 7. The number of piperidine rings is 1. The molecule has 0 aliphatic carbocycles. The number of aromatic nitrogens is 6. The van der Waals surface area contributed by atoms with Crippen molar-refractivity contribution in [2.24, 2.45) is 0 Å². The smallest absolute Gasteiger partial charge is 0.181 e. The minimum atomic E-state index is 0.348. The first-order chi connectivity index (χ1) is 13.8. The van der Waals surface area contributed by atoms with Gasteiger partial charge >= 0.3 is 0 Å². The summed E-state index contributed by atoms with van der Waals surface area (Å²) >= 11 is 0. The molecule has 8 heteroatoms. The van der Waals surface area contributed by atoms with E-state index < -0.39 is 0 Å². The Hall–Kier alpha value is -3.13. The summed E-state index contributed by atoms with van der Waals surface area (Å²) in [6.45, 7) is 4.78. The average Bonchev–Trinajstić information content (AvgIpc) is 3.35. The summed E-state index contributed by atoms with van der Waals surface area (Å²) in [5.74, 6) is 2.19. The molecule has 1 fully saturated rings. The highest BCUT2D eigenvalue weighted by Crippen LogP contribution is 2.28. The van der Waals surface area contributed by atoms with E-state index in [1.54, 1.807) is 6.20 Å². The van der Waals surface area contributed by atoms with Crippen LogP contribution < -0.4 is 0 Å². The van der Waals surface area contributed by atoms with Crippen LogP contribution in [-0.4, -0.2) is 47.8 Å². The Bertz CT molecular complexity index is 1080. The summed E-state index contributed by atoms with van der Waals surface area (Å²) in [7, 11) is 0. The lowest BCUT2D eigenvalue weighted by Gasteiger charge is -2.30. The van der Waals surface area contributed by atoms with Gasteiger partial charge in [0.15, 0.2) is 17.9 Å². The Morgan fingerprint density at radius 3 is 2.79 bits per heavy atom. The molecule has 0 aromatic carbocycles. The fourth-order valence-corrected chi connectivity index (χ4v) is 3.77. The monoisotopic (exact) mass is 375 g/mol. The van der Waals surface area contributed by atoms with Crippen LogP contribution in [0.1, 0.15) is 36.0 Å². The predicted molar refractivity (Wildman–Crippen MR) is 103 cm³/mol. The maximum atomic E-state index is 5.31. The van der Waals surface area contributed by atoms with Crippen molar-refractivity contribution in [3.05, 3.63) is 60.3 Å². The number of rotatable bonds is 4. The second-order valence-electron chi connectivity index (χ2n) is 7.19. The van der Waals surface area contributed by atoms with Gasteiger partial charge in [0.2, 0.25) is 0 Å². The van der Waals surface area contributed by atoms with Crippen LogP contribution in [0.3, 0.4) is 0 Å². The molecule has 0 radical (unpaired) electrons. The van der Waals surface area contributed by atoms with E-state index in [0.29, 0.717) is 5.92 Å². The number of pyridine rings is 1. The highest BCUT2D eigenvalue weighted by atomic mass is 16.3. The van der Waals surface area contributed by atoms with Crippen LogP contribution in [0.25, 0.3) is 16.9 Å². The third-order valence-electron chi connectivity index (χ3n) is 5.41. The van der Waals surface area contributed by atoms with Crippen molar-refractivity contribution in [3.63, 3.8) is 0 Å². The van der Waals surface area contributed by atoms with Gasteiger partial charge in [0.05, 0.1) is 11.4 Å². The predicted octanol–water partition coefficient (Wildman–Crippen LogP) is 2.86. The Labute approximate surface area is 162 Å². The Balaban J connectivity index is 1.35. The molecule has 0 amide bonds. The van der Waals surface area contributed by atoms with Gasteiger partial charge in [-0.2, -0.15) is 9.61 Å². The molecule has 5 rings (SSSR count). The molecule has 0 unspecified atom stereocenters. The van der Waals surface area contributed by atoms with E-state index >= 15 is 0 Å². The van der Waals surface area contributed by atoms with E-state index in [1.165, 1.54) is 6.39 Å². The summed E-state index contributed by atoms with van der Waals surface area (Å²) in [6, 6.07) is 7.86. The van der Waals surface area contributed by atoms with Crippen molar-refractivity contribution in [2.75, 3.05) is 13.1 Å². The first kappa shape index (κ1) is 17.0. The van der Waals surface area contributed by atoms with Gasteiger partial charge in [-0.15, -0.1) is 10.2 Å². The second kappa shape index (κ2) is 7.12. The van der Waals surface area contributed by atoms with E-state index in [2.05, 4.69) is 25.1 Å². The molecule has 0 atom stereocenters. The third-order valence-corrected chi connectivity index (χ3v) is 5.41. The fourth-order valence-electron chi connectivity index (χ4n) is 3.77. The number of aryl methyl sites for hydroxylation is 1. The van der Waals surface area contributed by atoms with Crippen molar-refractivity contribution in [1.82, 2.24) is 34.7 Å². The Kier molecular flexibility index (Phi) is 4.32. The molecule has 142 valence electrons. The standard InChI is InChI=1S/C20H21N7O/c1-14-18(22-13-28-14)12-26-9-6-15(7-10-26)20-24-23-19-5-4-17(25-27(19)20)16-3-2-8-21-11-16/h2-5,8,11,13,15H,6-7,9-10,12H2,1H3. The molecule has 0 saturated carbocycles. The van der Waals surface area contributed by atoms with E-state index in [-0.39, 0.29) is 0 Å². The number of hydrogen-bond donors (Lipinski definition) is 0. The lowest BCUT2D eigenvalue weighted by atomic mass is 9.96. The summed E-state index contributed by atoms with van der Waals surface area (Å²) in [5, 5.41) is 13.6. The van der Waals surface area contributed by atoms with Crippen LogP contribution in [0.5, 0.6) is 0 Å². The van der Waals surface area contributed by atoms with E-state index in [1.807, 2.05) is 41.9 Å². The number of fused-ring (bicyclic) bond motifs is 1. The summed E-state index contributed by atoms with van der Waals surface area (Å²) in [4.78, 5) is 10.9. The van der Waals surface area contributed by atoms with Gasteiger partial charge in [0, 0.05) is 30.4 Å². The Morgan fingerprint density at radius 2 is 2.04 bits per heavy atom. The maximum Gasteiger partial charge on any atom is 0.181 e. The second-order valence-corrected chi connectivity index (χ2v) is 7.19. The molecular formula is C20H21N7O. The number of oxazole rings is 1. The van der Waals surface area contributed by atoms with Gasteiger partial charge in [-0.1, -0.05) is 0 Å². The van der Waals surface area contributed by atoms with Crippen LogP contribution in [0.4, 0.5) is 0 Å². The fraction of sp³-hybridized carbons (Fsp3) is 0.350. The first-order valence-corrected chi connectivity index (χ1v) is 9.52. The lowest BCUT2D eigenvalue weighted by Crippen LogP contribution is -2.33.